The lowest BCUT2D eigenvalue weighted by Gasteiger charge is -2.26. The highest BCUT2D eigenvalue weighted by molar-refractivity contribution is 7.89. The first-order chi connectivity index (χ1) is 9.86. The molecule has 7 nitrogen and oxygen atoms in total. The average Bonchev–Trinajstić information content (AvgIpc) is 2.46. The van der Waals surface area contributed by atoms with Gasteiger partial charge in [0.2, 0.25) is 15.9 Å². The standard InChI is InChI=1S/C13H16N2O5S/c1-2-9-3-4-10(7-11(9)13(17)18)21(19,20)15-6-5-14-12(16)8-15/h3-4,7H,2,5-6,8H2,1H3,(H,14,16)(H,17,18). The van der Waals surface area contributed by atoms with E-state index in [9.17, 15) is 18.0 Å². The Morgan fingerprint density at radius 2 is 2.14 bits per heavy atom. The lowest BCUT2D eigenvalue weighted by molar-refractivity contribution is -0.122. The molecular weight excluding hydrogens is 296 g/mol. The number of carboxylic acid groups (broad SMARTS) is 1. The monoisotopic (exact) mass is 312 g/mol. The molecule has 0 aromatic heterocycles. The van der Waals surface area contributed by atoms with Crippen LogP contribution in [0, 0.1) is 0 Å². The maximum absolute atomic E-state index is 12.5. The molecule has 2 rings (SSSR count). The molecule has 1 aromatic carbocycles. The second kappa shape index (κ2) is 5.82. The fraction of sp³-hybridized carbons (Fsp3) is 0.385. The molecule has 0 bridgehead atoms. The van der Waals surface area contributed by atoms with Crippen molar-refractivity contribution in [3.05, 3.63) is 29.3 Å². The first-order valence-electron chi connectivity index (χ1n) is 6.49. The number of carboxylic acids is 1. The van der Waals surface area contributed by atoms with Crippen LogP contribution in [0.1, 0.15) is 22.8 Å². The molecule has 0 atom stereocenters. The molecule has 8 heteroatoms. The summed E-state index contributed by atoms with van der Waals surface area (Å²) in [5.41, 5.74) is 0.540. The van der Waals surface area contributed by atoms with E-state index in [0.29, 0.717) is 12.0 Å². The summed E-state index contributed by atoms with van der Waals surface area (Å²) in [5, 5.41) is 11.7. The number of piperazine rings is 1. The number of benzene rings is 1. The Hall–Kier alpha value is -1.93. The van der Waals surface area contributed by atoms with Gasteiger partial charge in [0.1, 0.15) is 0 Å². The highest BCUT2D eigenvalue weighted by Crippen LogP contribution is 2.21. The molecule has 1 fully saturated rings. The third-order valence-electron chi connectivity index (χ3n) is 3.33. The predicted octanol–water partition coefficient (Wildman–Crippen LogP) is 0.0677. The smallest absolute Gasteiger partial charge is 0.336 e. The van der Waals surface area contributed by atoms with Crippen LogP contribution in [0.25, 0.3) is 0 Å². The molecule has 0 radical (unpaired) electrons. The van der Waals surface area contributed by atoms with Crippen LogP contribution in [0.4, 0.5) is 0 Å². The van der Waals surface area contributed by atoms with E-state index in [2.05, 4.69) is 5.32 Å². The van der Waals surface area contributed by atoms with Crippen molar-refractivity contribution in [1.82, 2.24) is 9.62 Å². The van der Waals surface area contributed by atoms with Crippen LogP contribution in [0.15, 0.2) is 23.1 Å². The molecule has 0 spiro atoms. The Balaban J connectivity index is 2.42. The van der Waals surface area contributed by atoms with Gasteiger partial charge in [0.15, 0.2) is 0 Å². The van der Waals surface area contributed by atoms with Crippen molar-refractivity contribution in [3.63, 3.8) is 0 Å². The third-order valence-corrected chi connectivity index (χ3v) is 5.17. The molecule has 114 valence electrons. The number of carbonyl (C=O) groups excluding carboxylic acids is 1. The molecule has 0 unspecified atom stereocenters. The highest BCUT2D eigenvalue weighted by Gasteiger charge is 2.30. The molecule has 0 saturated carbocycles. The summed E-state index contributed by atoms with van der Waals surface area (Å²) in [5.74, 6) is -1.53. The van der Waals surface area contributed by atoms with Crippen molar-refractivity contribution in [3.8, 4) is 0 Å². The fourth-order valence-corrected chi connectivity index (χ4v) is 3.62. The zero-order valence-electron chi connectivity index (χ0n) is 11.5. The van der Waals surface area contributed by atoms with E-state index < -0.39 is 16.0 Å². The lowest BCUT2D eigenvalue weighted by Crippen LogP contribution is -2.49. The van der Waals surface area contributed by atoms with E-state index in [1.54, 1.807) is 6.92 Å². The largest absolute Gasteiger partial charge is 0.478 e. The minimum Gasteiger partial charge on any atom is -0.478 e. The Morgan fingerprint density at radius 3 is 2.71 bits per heavy atom. The molecule has 1 heterocycles. The zero-order chi connectivity index (χ0) is 15.6. The van der Waals surface area contributed by atoms with Gasteiger partial charge in [-0.25, -0.2) is 13.2 Å². The summed E-state index contributed by atoms with van der Waals surface area (Å²) in [6, 6.07) is 4.04. The van der Waals surface area contributed by atoms with Gasteiger partial charge in [0.25, 0.3) is 0 Å². The SMILES string of the molecule is CCc1ccc(S(=O)(=O)N2CCNC(=O)C2)cc1C(=O)O. The van der Waals surface area contributed by atoms with Crippen LogP contribution < -0.4 is 5.32 Å². The minimum atomic E-state index is -3.87. The average molecular weight is 312 g/mol. The number of amides is 1. The van der Waals surface area contributed by atoms with Crippen molar-refractivity contribution in [2.75, 3.05) is 19.6 Å². The molecule has 0 aliphatic carbocycles. The molecule has 1 saturated heterocycles. The summed E-state index contributed by atoms with van der Waals surface area (Å²) in [6.45, 7) is 1.97. The maximum atomic E-state index is 12.5. The highest BCUT2D eigenvalue weighted by atomic mass is 32.2. The van der Waals surface area contributed by atoms with Gasteiger partial charge in [-0.05, 0) is 24.1 Å². The molecular formula is C13H16N2O5S. The first-order valence-corrected chi connectivity index (χ1v) is 7.93. The Kier molecular flexibility index (Phi) is 4.29. The second-order valence-corrected chi connectivity index (χ2v) is 6.60. The summed E-state index contributed by atoms with van der Waals surface area (Å²) >= 11 is 0. The minimum absolute atomic E-state index is 0.0277. The van der Waals surface area contributed by atoms with Crippen LogP contribution in [-0.4, -0.2) is 49.3 Å². The van der Waals surface area contributed by atoms with Gasteiger partial charge in [-0.2, -0.15) is 4.31 Å². The van der Waals surface area contributed by atoms with Crippen LogP contribution in [0.2, 0.25) is 0 Å². The van der Waals surface area contributed by atoms with Crippen LogP contribution >= 0.6 is 0 Å². The third kappa shape index (κ3) is 3.06. The van der Waals surface area contributed by atoms with Crippen LogP contribution in [-0.2, 0) is 21.2 Å². The van der Waals surface area contributed by atoms with E-state index >= 15 is 0 Å². The van der Waals surface area contributed by atoms with Crippen molar-refractivity contribution >= 4 is 21.9 Å². The van der Waals surface area contributed by atoms with Crippen LogP contribution in [0.5, 0.6) is 0 Å². The molecule has 1 aromatic rings. The molecule has 21 heavy (non-hydrogen) atoms. The van der Waals surface area contributed by atoms with Gasteiger partial charge in [0, 0.05) is 13.1 Å². The fourth-order valence-electron chi connectivity index (χ4n) is 2.19. The topological polar surface area (TPSA) is 104 Å². The van der Waals surface area contributed by atoms with E-state index in [1.165, 1.54) is 12.1 Å². The molecule has 1 amide bonds. The van der Waals surface area contributed by atoms with Gasteiger partial charge >= 0.3 is 5.97 Å². The number of nitrogens with zero attached hydrogens (tertiary/aromatic N) is 1. The van der Waals surface area contributed by atoms with E-state index in [1.807, 2.05) is 0 Å². The number of aromatic carboxylic acids is 1. The van der Waals surface area contributed by atoms with E-state index in [0.717, 1.165) is 10.4 Å². The van der Waals surface area contributed by atoms with E-state index in [4.69, 9.17) is 5.11 Å². The Morgan fingerprint density at radius 1 is 1.43 bits per heavy atom. The predicted molar refractivity (Wildman–Crippen MR) is 74.5 cm³/mol. The van der Waals surface area contributed by atoms with Crippen molar-refractivity contribution in [2.24, 2.45) is 0 Å². The van der Waals surface area contributed by atoms with Crippen molar-refractivity contribution in [1.29, 1.82) is 0 Å². The second-order valence-electron chi connectivity index (χ2n) is 4.67. The van der Waals surface area contributed by atoms with Crippen molar-refractivity contribution in [2.45, 2.75) is 18.2 Å². The molecule has 2 N–H and O–H groups in total. The number of aryl methyl sites for hydroxylation is 1. The summed E-state index contributed by atoms with van der Waals surface area (Å²) in [6.07, 6.45) is 0.494. The van der Waals surface area contributed by atoms with Gasteiger partial charge in [-0.15, -0.1) is 0 Å². The van der Waals surface area contributed by atoms with Gasteiger partial charge < -0.3 is 10.4 Å². The Bertz CT molecular complexity index is 684. The van der Waals surface area contributed by atoms with E-state index in [-0.39, 0.29) is 36.0 Å². The number of hydrogen-bond donors (Lipinski definition) is 2. The quantitative estimate of drug-likeness (QED) is 0.818. The normalized spacial score (nSPS) is 16.5. The number of hydrogen-bond acceptors (Lipinski definition) is 4. The van der Waals surface area contributed by atoms with Crippen molar-refractivity contribution < 1.29 is 23.1 Å². The molecule has 1 aliphatic rings. The van der Waals surface area contributed by atoms with Crippen LogP contribution in [0.3, 0.4) is 0 Å². The molecule has 1 aliphatic heterocycles. The van der Waals surface area contributed by atoms with Gasteiger partial charge in [0.05, 0.1) is 17.0 Å². The number of sulfonamides is 1. The first kappa shape index (κ1) is 15.5. The zero-order valence-corrected chi connectivity index (χ0v) is 12.3. The number of carbonyl (C=O) groups is 2. The van der Waals surface area contributed by atoms with Gasteiger partial charge in [-0.3, -0.25) is 4.79 Å². The summed E-state index contributed by atoms with van der Waals surface area (Å²) < 4.78 is 26.0. The van der Waals surface area contributed by atoms with Gasteiger partial charge in [-0.1, -0.05) is 13.0 Å². The number of rotatable bonds is 4. The Labute approximate surface area is 122 Å². The lowest BCUT2D eigenvalue weighted by atomic mass is 10.1. The summed E-state index contributed by atoms with van der Waals surface area (Å²) in [4.78, 5) is 22.4. The maximum Gasteiger partial charge on any atom is 0.336 e. The summed E-state index contributed by atoms with van der Waals surface area (Å²) in [7, 11) is -3.87. The number of nitrogens with one attached hydrogen (secondary N) is 1.